The molecule has 156 valence electrons. The molecule has 8 nitrogen and oxygen atoms in total. The number of sulfone groups is 1. The molecule has 1 aromatic carbocycles. The van der Waals surface area contributed by atoms with Crippen molar-refractivity contribution in [1.82, 2.24) is 10.6 Å². The van der Waals surface area contributed by atoms with Gasteiger partial charge in [-0.25, -0.2) is 13.2 Å². The van der Waals surface area contributed by atoms with Crippen molar-refractivity contribution >= 4 is 15.9 Å². The Hall–Kier alpha value is -1.84. The maximum absolute atomic E-state index is 12.1. The van der Waals surface area contributed by atoms with Crippen molar-refractivity contribution in [2.75, 3.05) is 12.9 Å². The Balaban J connectivity index is 1.50. The lowest BCUT2D eigenvalue weighted by molar-refractivity contribution is 0.00327. The van der Waals surface area contributed by atoms with E-state index in [2.05, 4.69) is 10.6 Å². The molecule has 28 heavy (non-hydrogen) atoms. The first kappa shape index (κ1) is 20.9. The quantitative estimate of drug-likeness (QED) is 0.548. The summed E-state index contributed by atoms with van der Waals surface area (Å²) in [6, 6.07) is 5.35. The van der Waals surface area contributed by atoms with Crippen molar-refractivity contribution in [1.29, 1.82) is 0 Å². The minimum absolute atomic E-state index is 0.152. The number of benzene rings is 1. The topological polar surface area (TPSA) is 125 Å². The molecule has 4 unspecified atom stereocenters. The Morgan fingerprint density at radius 2 is 1.75 bits per heavy atom. The molecule has 0 spiro atoms. The van der Waals surface area contributed by atoms with Gasteiger partial charge in [0.1, 0.15) is 11.9 Å². The van der Waals surface area contributed by atoms with E-state index >= 15 is 0 Å². The molecular formula is C19H28N2O6S. The van der Waals surface area contributed by atoms with Crippen LogP contribution < -0.4 is 15.4 Å². The monoisotopic (exact) mass is 412 g/mol. The number of amides is 2. The van der Waals surface area contributed by atoms with Crippen molar-refractivity contribution in [3.8, 4) is 5.75 Å². The second kappa shape index (κ2) is 8.67. The van der Waals surface area contributed by atoms with Crippen LogP contribution in [0.15, 0.2) is 29.2 Å². The molecule has 9 heteroatoms. The van der Waals surface area contributed by atoms with Crippen molar-refractivity contribution in [2.45, 2.75) is 61.3 Å². The summed E-state index contributed by atoms with van der Waals surface area (Å²) >= 11 is 0. The molecule has 0 saturated heterocycles. The highest BCUT2D eigenvalue weighted by Crippen LogP contribution is 2.28. The number of aliphatic hydroxyl groups excluding tert-OH is 2. The number of carbonyl (C=O) groups is 1. The fraction of sp³-hybridized carbons (Fsp3) is 0.632. The highest BCUT2D eigenvalue weighted by Gasteiger charge is 2.42. The molecule has 2 aliphatic rings. The molecule has 3 rings (SSSR count). The largest absolute Gasteiger partial charge is 0.493 e. The lowest BCUT2D eigenvalue weighted by atomic mass is 10.1. The average Bonchev–Trinajstić information content (AvgIpc) is 3.23. The maximum atomic E-state index is 12.1. The number of ether oxygens (including phenoxy) is 1. The highest BCUT2D eigenvalue weighted by molar-refractivity contribution is 7.90. The van der Waals surface area contributed by atoms with Crippen LogP contribution >= 0.6 is 0 Å². The normalized spacial score (nSPS) is 28.2. The molecule has 0 bridgehead atoms. The Morgan fingerprint density at radius 3 is 2.36 bits per heavy atom. The number of rotatable bonds is 6. The fourth-order valence-corrected chi connectivity index (χ4v) is 4.52. The van der Waals surface area contributed by atoms with Crippen LogP contribution in [0.2, 0.25) is 0 Å². The smallest absolute Gasteiger partial charge is 0.315 e. The summed E-state index contributed by atoms with van der Waals surface area (Å²) < 4.78 is 28.6. The van der Waals surface area contributed by atoms with E-state index < -0.39 is 28.1 Å². The van der Waals surface area contributed by atoms with Gasteiger partial charge in [-0.05, 0) is 43.5 Å². The molecule has 2 aliphatic carbocycles. The van der Waals surface area contributed by atoms with E-state index in [1.165, 1.54) is 12.1 Å². The number of nitrogens with one attached hydrogen (secondary N) is 2. The van der Waals surface area contributed by atoms with Crippen LogP contribution in [0.4, 0.5) is 4.79 Å². The summed E-state index contributed by atoms with van der Waals surface area (Å²) in [4.78, 5) is 12.3. The molecule has 2 fully saturated rings. The first-order chi connectivity index (χ1) is 13.2. The van der Waals surface area contributed by atoms with Crippen LogP contribution in [-0.2, 0) is 9.84 Å². The van der Waals surface area contributed by atoms with Gasteiger partial charge in [0.05, 0.1) is 23.6 Å². The number of carbonyl (C=O) groups excluding carboxylic acids is 1. The van der Waals surface area contributed by atoms with Gasteiger partial charge in [0.25, 0.3) is 0 Å². The SMILES string of the molecule is CS(=O)(=O)c1ccc(OCC2CC(NC(=O)NC3CCCC3)C(O)C2O)cc1. The summed E-state index contributed by atoms with van der Waals surface area (Å²) in [6.07, 6.45) is 3.62. The van der Waals surface area contributed by atoms with Gasteiger partial charge < -0.3 is 25.6 Å². The van der Waals surface area contributed by atoms with E-state index in [0.29, 0.717) is 12.2 Å². The first-order valence-electron chi connectivity index (χ1n) is 9.60. The van der Waals surface area contributed by atoms with Crippen LogP contribution in [0.3, 0.4) is 0 Å². The van der Waals surface area contributed by atoms with E-state index in [4.69, 9.17) is 4.74 Å². The molecule has 4 atom stereocenters. The molecule has 4 N–H and O–H groups in total. The Bertz CT molecular complexity index is 776. The highest BCUT2D eigenvalue weighted by atomic mass is 32.2. The van der Waals surface area contributed by atoms with Crippen molar-refractivity contribution in [2.24, 2.45) is 5.92 Å². The predicted octanol–water partition coefficient (Wildman–Crippen LogP) is 0.821. The van der Waals surface area contributed by atoms with Crippen LogP contribution in [-0.4, -0.2) is 61.8 Å². The molecule has 2 saturated carbocycles. The Morgan fingerprint density at radius 1 is 1.11 bits per heavy atom. The summed E-state index contributed by atoms with van der Waals surface area (Å²) in [6.45, 7) is 0.152. The third-order valence-electron chi connectivity index (χ3n) is 5.52. The second-order valence-electron chi connectivity index (χ2n) is 7.74. The van der Waals surface area contributed by atoms with E-state index in [0.717, 1.165) is 31.9 Å². The van der Waals surface area contributed by atoms with Gasteiger partial charge >= 0.3 is 6.03 Å². The predicted molar refractivity (Wildman–Crippen MR) is 103 cm³/mol. The number of aliphatic hydroxyl groups is 2. The first-order valence-corrected chi connectivity index (χ1v) is 11.5. The summed E-state index contributed by atoms with van der Waals surface area (Å²) in [5.74, 6) is 0.130. The number of hydrogen-bond donors (Lipinski definition) is 4. The van der Waals surface area contributed by atoms with Crippen molar-refractivity contribution < 1.29 is 28.2 Å². The summed E-state index contributed by atoms with van der Waals surface area (Å²) in [5.41, 5.74) is 0. The summed E-state index contributed by atoms with van der Waals surface area (Å²) in [5, 5.41) is 26.2. The second-order valence-corrected chi connectivity index (χ2v) is 9.75. The van der Waals surface area contributed by atoms with E-state index in [-0.39, 0.29) is 29.5 Å². The zero-order chi connectivity index (χ0) is 20.3. The van der Waals surface area contributed by atoms with Crippen molar-refractivity contribution in [3.05, 3.63) is 24.3 Å². The van der Waals surface area contributed by atoms with Crippen LogP contribution in [0.25, 0.3) is 0 Å². The average molecular weight is 413 g/mol. The van der Waals surface area contributed by atoms with Gasteiger partial charge in [-0.1, -0.05) is 12.8 Å². The maximum Gasteiger partial charge on any atom is 0.315 e. The minimum atomic E-state index is -3.27. The minimum Gasteiger partial charge on any atom is -0.493 e. The van der Waals surface area contributed by atoms with Gasteiger partial charge in [0.15, 0.2) is 9.84 Å². The Labute approximate surface area is 165 Å². The molecule has 0 aromatic heterocycles. The van der Waals surface area contributed by atoms with Crippen LogP contribution in [0.1, 0.15) is 32.1 Å². The van der Waals surface area contributed by atoms with Gasteiger partial charge in [-0.2, -0.15) is 0 Å². The van der Waals surface area contributed by atoms with Crippen LogP contribution in [0.5, 0.6) is 5.75 Å². The fourth-order valence-electron chi connectivity index (χ4n) is 3.88. The van der Waals surface area contributed by atoms with Gasteiger partial charge in [0.2, 0.25) is 0 Å². The standard InChI is InChI=1S/C19H28N2O6S/c1-28(25,26)15-8-6-14(7-9-15)27-11-12-10-16(18(23)17(12)22)21-19(24)20-13-4-2-3-5-13/h6-9,12-13,16-18,22-23H,2-5,10-11H2,1H3,(H2,20,21,24). The lowest BCUT2D eigenvalue weighted by Crippen LogP contribution is -2.49. The van der Waals surface area contributed by atoms with Gasteiger partial charge in [-0.3, -0.25) is 0 Å². The van der Waals surface area contributed by atoms with E-state index in [9.17, 15) is 23.4 Å². The zero-order valence-electron chi connectivity index (χ0n) is 15.9. The zero-order valence-corrected chi connectivity index (χ0v) is 16.7. The number of urea groups is 1. The molecule has 0 aliphatic heterocycles. The van der Waals surface area contributed by atoms with Gasteiger partial charge in [0, 0.05) is 18.2 Å². The van der Waals surface area contributed by atoms with Crippen molar-refractivity contribution in [3.63, 3.8) is 0 Å². The molecule has 0 heterocycles. The third kappa shape index (κ3) is 5.15. The molecular weight excluding hydrogens is 384 g/mol. The van der Waals surface area contributed by atoms with Gasteiger partial charge in [-0.15, -0.1) is 0 Å². The number of hydrogen-bond acceptors (Lipinski definition) is 6. The lowest BCUT2D eigenvalue weighted by Gasteiger charge is -2.20. The summed E-state index contributed by atoms with van der Waals surface area (Å²) in [7, 11) is -3.27. The van der Waals surface area contributed by atoms with Crippen LogP contribution in [0, 0.1) is 5.92 Å². The molecule has 2 amide bonds. The van der Waals surface area contributed by atoms with E-state index in [1.54, 1.807) is 12.1 Å². The third-order valence-corrected chi connectivity index (χ3v) is 6.65. The molecule has 1 aromatic rings. The van der Waals surface area contributed by atoms with E-state index in [1.807, 2.05) is 0 Å². The molecule has 0 radical (unpaired) electrons. The Kier molecular flexibility index (Phi) is 6.47.